The monoisotopic (exact) mass is 362 g/mol. The van der Waals surface area contributed by atoms with Gasteiger partial charge < -0.3 is 10.2 Å². The molecule has 0 spiro atoms. The Kier molecular flexibility index (Phi) is 5.49. The highest BCUT2D eigenvalue weighted by Crippen LogP contribution is 2.20. The molecule has 0 fully saturated rings. The van der Waals surface area contributed by atoms with Crippen LogP contribution in [0, 0.1) is 6.92 Å². The number of amides is 1. The maximum absolute atomic E-state index is 12.3. The van der Waals surface area contributed by atoms with Crippen molar-refractivity contribution in [3.63, 3.8) is 0 Å². The lowest BCUT2D eigenvalue weighted by Crippen LogP contribution is -2.24. The van der Waals surface area contributed by atoms with Gasteiger partial charge in [-0.05, 0) is 44.5 Å². The molecule has 116 valence electrons. The van der Waals surface area contributed by atoms with Gasteiger partial charge in [0.1, 0.15) is 0 Å². The van der Waals surface area contributed by atoms with Crippen LogP contribution < -0.4 is 10.2 Å². The van der Waals surface area contributed by atoms with Gasteiger partial charge in [0.15, 0.2) is 0 Å². The number of carbonyl (C=O) groups excluding carboxylic acids is 1. The molecule has 0 aliphatic rings. The second-order valence-corrected chi connectivity index (χ2v) is 5.77. The average molecular weight is 363 g/mol. The van der Waals surface area contributed by atoms with Gasteiger partial charge in [0, 0.05) is 35.6 Å². The summed E-state index contributed by atoms with van der Waals surface area (Å²) in [5.74, 6) is 0.429. The molecule has 0 aliphatic carbocycles. The molecule has 1 aromatic carbocycles. The summed E-state index contributed by atoms with van der Waals surface area (Å²) >= 11 is 3.41. The van der Waals surface area contributed by atoms with E-state index in [9.17, 15) is 4.79 Å². The Morgan fingerprint density at radius 3 is 2.41 bits per heavy atom. The Morgan fingerprint density at radius 2 is 1.86 bits per heavy atom. The van der Waals surface area contributed by atoms with Crippen LogP contribution >= 0.6 is 15.9 Å². The lowest BCUT2D eigenvalue weighted by molar-refractivity contribution is 0.102. The minimum atomic E-state index is -0.212. The van der Waals surface area contributed by atoms with Crippen LogP contribution in [0.5, 0.6) is 0 Å². The minimum Gasteiger partial charge on any atom is -0.341 e. The fourth-order valence-electron chi connectivity index (χ4n) is 2.07. The first-order valence-corrected chi connectivity index (χ1v) is 7.99. The lowest BCUT2D eigenvalue weighted by atomic mass is 10.2. The van der Waals surface area contributed by atoms with Crippen molar-refractivity contribution in [3.8, 4) is 0 Å². The number of carbonyl (C=O) groups is 1. The number of nitrogens with zero attached hydrogens (tertiary/aromatic N) is 3. The molecule has 2 rings (SSSR count). The smallest absolute Gasteiger partial charge is 0.258 e. The Morgan fingerprint density at radius 1 is 1.23 bits per heavy atom. The van der Waals surface area contributed by atoms with E-state index in [0.29, 0.717) is 11.5 Å². The summed E-state index contributed by atoms with van der Waals surface area (Å²) in [5.41, 5.74) is 2.21. The van der Waals surface area contributed by atoms with E-state index in [0.717, 1.165) is 28.8 Å². The number of aryl methyl sites for hydroxylation is 1. The van der Waals surface area contributed by atoms with Gasteiger partial charge in [0.25, 0.3) is 5.91 Å². The summed E-state index contributed by atoms with van der Waals surface area (Å²) in [7, 11) is 0. The van der Waals surface area contributed by atoms with Crippen LogP contribution in [-0.4, -0.2) is 29.0 Å². The van der Waals surface area contributed by atoms with Crippen LogP contribution in [0.3, 0.4) is 0 Å². The van der Waals surface area contributed by atoms with Crippen LogP contribution in [0.15, 0.2) is 35.1 Å². The van der Waals surface area contributed by atoms with Gasteiger partial charge in [-0.25, -0.2) is 9.97 Å². The van der Waals surface area contributed by atoms with E-state index < -0.39 is 0 Å². The van der Waals surface area contributed by atoms with Gasteiger partial charge in [-0.2, -0.15) is 0 Å². The first-order chi connectivity index (χ1) is 10.5. The van der Waals surface area contributed by atoms with Crippen molar-refractivity contribution in [2.24, 2.45) is 0 Å². The zero-order valence-corrected chi connectivity index (χ0v) is 14.5. The third kappa shape index (κ3) is 3.82. The number of halogens is 1. The van der Waals surface area contributed by atoms with Gasteiger partial charge in [0.2, 0.25) is 5.95 Å². The second kappa shape index (κ2) is 7.35. The van der Waals surface area contributed by atoms with Crippen LogP contribution in [0.25, 0.3) is 0 Å². The molecule has 0 saturated heterocycles. The molecular weight excluding hydrogens is 344 g/mol. The van der Waals surface area contributed by atoms with E-state index in [-0.39, 0.29) is 5.91 Å². The van der Waals surface area contributed by atoms with Gasteiger partial charge >= 0.3 is 0 Å². The molecule has 2 aromatic rings. The quantitative estimate of drug-likeness (QED) is 0.881. The zero-order valence-electron chi connectivity index (χ0n) is 12.9. The number of aromatic nitrogens is 2. The van der Waals surface area contributed by atoms with Crippen LogP contribution in [0.4, 0.5) is 11.6 Å². The summed E-state index contributed by atoms with van der Waals surface area (Å²) in [6.07, 6.45) is 3.12. The lowest BCUT2D eigenvalue weighted by Gasteiger charge is -2.18. The zero-order chi connectivity index (χ0) is 16.1. The van der Waals surface area contributed by atoms with E-state index in [4.69, 9.17) is 0 Å². The third-order valence-electron chi connectivity index (χ3n) is 3.38. The Hall–Kier alpha value is -1.95. The molecular formula is C16H19BrN4O. The second-order valence-electron chi connectivity index (χ2n) is 4.86. The number of benzene rings is 1. The number of anilines is 2. The Labute approximate surface area is 138 Å². The highest BCUT2D eigenvalue weighted by atomic mass is 79.9. The maximum atomic E-state index is 12.3. The molecule has 0 bridgehead atoms. The van der Waals surface area contributed by atoms with Crippen LogP contribution in [0.2, 0.25) is 0 Å². The van der Waals surface area contributed by atoms with Crippen molar-refractivity contribution >= 4 is 33.5 Å². The molecule has 5 nitrogen and oxygen atoms in total. The first kappa shape index (κ1) is 16.4. The van der Waals surface area contributed by atoms with Gasteiger partial charge in [0.05, 0.1) is 5.56 Å². The minimum absolute atomic E-state index is 0.212. The number of hydrogen-bond acceptors (Lipinski definition) is 4. The highest BCUT2D eigenvalue weighted by Gasteiger charge is 2.11. The molecule has 0 unspecified atom stereocenters. The Bertz CT molecular complexity index is 654. The normalized spacial score (nSPS) is 10.4. The summed E-state index contributed by atoms with van der Waals surface area (Å²) in [4.78, 5) is 22.8. The van der Waals surface area contributed by atoms with E-state index >= 15 is 0 Å². The molecule has 0 radical (unpaired) electrons. The summed E-state index contributed by atoms with van der Waals surface area (Å²) < 4.78 is 0.981. The molecule has 22 heavy (non-hydrogen) atoms. The van der Waals surface area contributed by atoms with E-state index in [2.05, 4.69) is 31.2 Å². The van der Waals surface area contributed by atoms with Gasteiger partial charge in [-0.3, -0.25) is 4.79 Å². The predicted octanol–water partition coefficient (Wildman–Crippen LogP) is 3.65. The number of nitrogens with one attached hydrogen (secondary N) is 1. The summed E-state index contributed by atoms with van der Waals surface area (Å²) in [6, 6.07) is 5.71. The van der Waals surface area contributed by atoms with Crippen LogP contribution in [-0.2, 0) is 0 Å². The molecule has 1 N–H and O–H groups in total. The Balaban J connectivity index is 2.13. The highest BCUT2D eigenvalue weighted by molar-refractivity contribution is 9.10. The van der Waals surface area contributed by atoms with E-state index in [1.807, 2.05) is 43.9 Å². The van der Waals surface area contributed by atoms with Gasteiger partial charge in [-0.1, -0.05) is 15.9 Å². The summed E-state index contributed by atoms with van der Waals surface area (Å²) in [6.45, 7) is 7.70. The molecule has 1 heterocycles. The maximum Gasteiger partial charge on any atom is 0.258 e. The molecule has 6 heteroatoms. The topological polar surface area (TPSA) is 58.1 Å². The number of hydrogen-bond donors (Lipinski definition) is 1. The molecule has 0 saturated carbocycles. The van der Waals surface area contributed by atoms with E-state index in [1.54, 1.807) is 12.4 Å². The largest absolute Gasteiger partial charge is 0.341 e. The molecule has 0 atom stereocenters. The van der Waals surface area contributed by atoms with Crippen molar-refractivity contribution in [2.75, 3.05) is 23.3 Å². The predicted molar refractivity (Wildman–Crippen MR) is 92.4 cm³/mol. The third-order valence-corrected chi connectivity index (χ3v) is 3.88. The average Bonchev–Trinajstić information content (AvgIpc) is 2.52. The van der Waals surface area contributed by atoms with Crippen molar-refractivity contribution in [2.45, 2.75) is 20.8 Å². The first-order valence-electron chi connectivity index (χ1n) is 7.19. The van der Waals surface area contributed by atoms with Crippen molar-refractivity contribution in [1.82, 2.24) is 9.97 Å². The molecule has 1 amide bonds. The van der Waals surface area contributed by atoms with Gasteiger partial charge in [-0.15, -0.1) is 0 Å². The van der Waals surface area contributed by atoms with Crippen LogP contribution in [0.1, 0.15) is 29.8 Å². The van der Waals surface area contributed by atoms with E-state index in [1.165, 1.54) is 0 Å². The van der Waals surface area contributed by atoms with Crippen molar-refractivity contribution < 1.29 is 4.79 Å². The fraction of sp³-hybridized carbons (Fsp3) is 0.312. The molecule has 0 aliphatic heterocycles. The molecule has 1 aromatic heterocycles. The van der Waals surface area contributed by atoms with Crippen molar-refractivity contribution in [3.05, 3.63) is 46.2 Å². The SMILES string of the molecule is CCN(CC)c1ncc(C(=O)Nc2ccc(Br)cc2C)cn1. The fourth-order valence-corrected chi connectivity index (χ4v) is 2.55. The standard InChI is InChI=1S/C16H19BrN4O/c1-4-21(5-2)16-18-9-12(10-19-16)15(22)20-14-7-6-13(17)8-11(14)3/h6-10H,4-5H2,1-3H3,(H,20,22). The summed E-state index contributed by atoms with van der Waals surface area (Å²) in [5, 5.41) is 2.88. The number of rotatable bonds is 5. The van der Waals surface area contributed by atoms with Crippen molar-refractivity contribution in [1.29, 1.82) is 0 Å².